The molecule has 1 N–H and O–H groups in total. The highest BCUT2D eigenvalue weighted by Crippen LogP contribution is 2.32. The van der Waals surface area contributed by atoms with E-state index in [4.69, 9.17) is 14.2 Å². The van der Waals surface area contributed by atoms with Gasteiger partial charge in [-0.05, 0) is 36.2 Å². The molecule has 4 rings (SSSR count). The number of nitrogens with zero attached hydrogens (tertiary/aromatic N) is 1. The van der Waals surface area contributed by atoms with E-state index in [1.165, 1.54) is 6.07 Å². The highest BCUT2D eigenvalue weighted by atomic mass is 19.1. The van der Waals surface area contributed by atoms with Crippen LogP contribution in [0.1, 0.15) is 29.2 Å². The van der Waals surface area contributed by atoms with Gasteiger partial charge in [-0.15, -0.1) is 0 Å². The quantitative estimate of drug-likeness (QED) is 0.490. The van der Waals surface area contributed by atoms with Crippen LogP contribution in [0.4, 0.5) is 4.39 Å². The average Bonchev–Trinajstić information content (AvgIpc) is 3.06. The van der Waals surface area contributed by atoms with Crippen LogP contribution in [0.2, 0.25) is 0 Å². The van der Waals surface area contributed by atoms with Gasteiger partial charge >= 0.3 is 0 Å². The number of ether oxygens (including phenoxy) is 3. The largest absolute Gasteiger partial charge is 0.493 e. The molecule has 3 aromatic rings. The van der Waals surface area contributed by atoms with Crippen LogP contribution in [0.5, 0.6) is 17.2 Å². The second-order valence-electron chi connectivity index (χ2n) is 8.51. The summed E-state index contributed by atoms with van der Waals surface area (Å²) in [6.07, 6.45) is 0.548. The maximum atomic E-state index is 14.5. The van der Waals surface area contributed by atoms with Crippen LogP contribution in [-0.4, -0.2) is 44.7 Å². The van der Waals surface area contributed by atoms with Crippen molar-refractivity contribution in [1.29, 1.82) is 0 Å². The van der Waals surface area contributed by atoms with Crippen LogP contribution in [0.25, 0.3) is 0 Å². The molecule has 0 saturated heterocycles. The highest BCUT2D eigenvalue weighted by molar-refractivity contribution is 5.76. The minimum absolute atomic E-state index is 0.0167. The molecule has 1 atom stereocenters. The zero-order chi connectivity index (χ0) is 24.6. The zero-order valence-electron chi connectivity index (χ0n) is 20.1. The van der Waals surface area contributed by atoms with E-state index in [0.29, 0.717) is 56.1 Å². The van der Waals surface area contributed by atoms with Gasteiger partial charge in [0.05, 0.1) is 14.2 Å². The van der Waals surface area contributed by atoms with Crippen molar-refractivity contribution < 1.29 is 23.4 Å². The number of aryl methyl sites for hydroxylation is 1. The molecule has 0 spiro atoms. The molecule has 0 aliphatic carbocycles. The van der Waals surface area contributed by atoms with Crippen molar-refractivity contribution in [3.63, 3.8) is 0 Å². The molecular formula is C28H31FN2O4. The number of methoxy groups -OCH3 is 2. The van der Waals surface area contributed by atoms with Crippen molar-refractivity contribution in [1.82, 2.24) is 10.2 Å². The Morgan fingerprint density at radius 2 is 1.83 bits per heavy atom. The lowest BCUT2D eigenvalue weighted by Crippen LogP contribution is -2.36. The van der Waals surface area contributed by atoms with E-state index >= 15 is 0 Å². The van der Waals surface area contributed by atoms with E-state index in [1.807, 2.05) is 48.5 Å². The molecule has 1 aliphatic heterocycles. The summed E-state index contributed by atoms with van der Waals surface area (Å²) in [5.41, 5.74) is 2.59. The van der Waals surface area contributed by atoms with Crippen LogP contribution in [0.15, 0.2) is 66.7 Å². The van der Waals surface area contributed by atoms with Gasteiger partial charge in [-0.2, -0.15) is 0 Å². The molecule has 1 amide bonds. The predicted molar refractivity (Wildman–Crippen MR) is 132 cm³/mol. The number of carbonyl (C=O) groups excluding carboxylic acids is 1. The summed E-state index contributed by atoms with van der Waals surface area (Å²) in [5.74, 6) is 1.79. The summed E-state index contributed by atoms with van der Waals surface area (Å²) in [4.78, 5) is 14.7. The van der Waals surface area contributed by atoms with Crippen LogP contribution >= 0.6 is 0 Å². The third-order valence-corrected chi connectivity index (χ3v) is 6.15. The number of benzene rings is 3. The van der Waals surface area contributed by atoms with Crippen molar-refractivity contribution in [3.8, 4) is 17.2 Å². The third kappa shape index (κ3) is 6.31. The van der Waals surface area contributed by atoms with Gasteiger partial charge in [-0.25, -0.2) is 4.39 Å². The van der Waals surface area contributed by atoms with Crippen molar-refractivity contribution in [2.75, 3.05) is 33.9 Å². The Bertz CT molecular complexity index is 1150. The van der Waals surface area contributed by atoms with Gasteiger partial charge in [0.2, 0.25) is 5.91 Å². The molecule has 0 bridgehead atoms. The van der Waals surface area contributed by atoms with Crippen molar-refractivity contribution in [2.24, 2.45) is 0 Å². The molecule has 1 heterocycles. The second kappa shape index (κ2) is 11.7. The minimum Gasteiger partial charge on any atom is -0.493 e. The van der Waals surface area contributed by atoms with Crippen molar-refractivity contribution in [3.05, 3.63) is 89.2 Å². The number of fused-ring (bicyclic) bond motifs is 1. The first-order valence-electron chi connectivity index (χ1n) is 11.8. The van der Waals surface area contributed by atoms with Gasteiger partial charge in [-0.3, -0.25) is 9.69 Å². The van der Waals surface area contributed by atoms with E-state index in [-0.39, 0.29) is 11.7 Å². The number of halogens is 1. The van der Waals surface area contributed by atoms with E-state index in [2.05, 4.69) is 10.2 Å². The number of hydrogen-bond acceptors (Lipinski definition) is 5. The Balaban J connectivity index is 1.33. The van der Waals surface area contributed by atoms with E-state index in [0.717, 1.165) is 16.9 Å². The Kier molecular flexibility index (Phi) is 8.21. The van der Waals surface area contributed by atoms with Gasteiger partial charge in [-0.1, -0.05) is 42.5 Å². The number of para-hydroxylation sites is 1. The standard InChI is InChI=1S/C28H31FN2O4/c1-33-25-13-11-20(17-26(25)34-2)12-14-28(32)30-15-16-31-18-21-7-3-6-10-24(21)35-27(19-31)22-8-4-5-9-23(22)29/h3-11,13,17,27H,12,14-16,18-19H2,1-2H3,(H,30,32). The number of nitrogens with one attached hydrogen (secondary N) is 1. The Morgan fingerprint density at radius 1 is 1.06 bits per heavy atom. The molecule has 7 heteroatoms. The van der Waals surface area contributed by atoms with Crippen LogP contribution in [0, 0.1) is 5.82 Å². The second-order valence-corrected chi connectivity index (χ2v) is 8.51. The number of hydrogen-bond donors (Lipinski definition) is 1. The molecular weight excluding hydrogens is 447 g/mol. The van der Waals surface area contributed by atoms with E-state index < -0.39 is 6.10 Å². The third-order valence-electron chi connectivity index (χ3n) is 6.15. The van der Waals surface area contributed by atoms with Gasteiger partial charge in [0, 0.05) is 43.7 Å². The van der Waals surface area contributed by atoms with E-state index in [1.54, 1.807) is 26.4 Å². The van der Waals surface area contributed by atoms with Crippen molar-refractivity contribution in [2.45, 2.75) is 25.5 Å². The fourth-order valence-corrected chi connectivity index (χ4v) is 4.28. The van der Waals surface area contributed by atoms with Gasteiger partial charge in [0.25, 0.3) is 0 Å². The maximum absolute atomic E-state index is 14.5. The van der Waals surface area contributed by atoms with Gasteiger partial charge in [0.15, 0.2) is 11.5 Å². The summed E-state index contributed by atoms with van der Waals surface area (Å²) in [6, 6.07) is 20.2. The first-order chi connectivity index (χ1) is 17.1. The van der Waals surface area contributed by atoms with Gasteiger partial charge < -0.3 is 19.5 Å². The lowest BCUT2D eigenvalue weighted by Gasteiger charge is -2.24. The molecule has 1 aliphatic rings. The molecule has 3 aromatic carbocycles. The summed E-state index contributed by atoms with van der Waals surface area (Å²) in [5, 5.41) is 3.01. The minimum atomic E-state index is -0.430. The molecule has 0 radical (unpaired) electrons. The number of rotatable bonds is 9. The lowest BCUT2D eigenvalue weighted by molar-refractivity contribution is -0.121. The lowest BCUT2D eigenvalue weighted by atomic mass is 10.1. The molecule has 184 valence electrons. The maximum Gasteiger partial charge on any atom is 0.220 e. The summed E-state index contributed by atoms with van der Waals surface area (Å²) < 4.78 is 31.3. The van der Waals surface area contributed by atoms with Crippen molar-refractivity contribution >= 4 is 5.91 Å². The summed E-state index contributed by atoms with van der Waals surface area (Å²) in [6.45, 7) is 2.32. The average molecular weight is 479 g/mol. The number of amides is 1. The van der Waals surface area contributed by atoms with Gasteiger partial charge in [0.1, 0.15) is 17.7 Å². The Morgan fingerprint density at radius 3 is 2.63 bits per heavy atom. The smallest absolute Gasteiger partial charge is 0.220 e. The fourth-order valence-electron chi connectivity index (χ4n) is 4.28. The first-order valence-corrected chi connectivity index (χ1v) is 11.8. The molecule has 6 nitrogen and oxygen atoms in total. The Labute approximate surface area is 205 Å². The number of carbonyl (C=O) groups is 1. The summed E-state index contributed by atoms with van der Waals surface area (Å²) >= 11 is 0. The fraction of sp³-hybridized carbons (Fsp3) is 0.321. The predicted octanol–water partition coefficient (Wildman–Crippen LogP) is 4.53. The van der Waals surface area contributed by atoms with Crippen LogP contribution < -0.4 is 19.5 Å². The molecule has 0 aromatic heterocycles. The molecule has 35 heavy (non-hydrogen) atoms. The summed E-state index contributed by atoms with van der Waals surface area (Å²) in [7, 11) is 3.19. The van der Waals surface area contributed by atoms with Crippen LogP contribution in [-0.2, 0) is 17.8 Å². The molecule has 1 unspecified atom stereocenters. The highest BCUT2D eigenvalue weighted by Gasteiger charge is 2.26. The monoisotopic (exact) mass is 478 g/mol. The zero-order valence-corrected chi connectivity index (χ0v) is 20.1. The van der Waals surface area contributed by atoms with Crippen LogP contribution in [0.3, 0.4) is 0 Å². The van der Waals surface area contributed by atoms with E-state index in [9.17, 15) is 9.18 Å². The SMILES string of the molecule is COc1ccc(CCC(=O)NCCN2Cc3ccccc3OC(c3ccccc3F)C2)cc1OC. The molecule has 0 fully saturated rings. The normalized spacial score (nSPS) is 15.5. The first kappa shape index (κ1) is 24.5. The Hall–Kier alpha value is -3.58. The molecule has 0 saturated carbocycles. The topological polar surface area (TPSA) is 60.0 Å².